The molecule has 168 valence electrons. The van der Waals surface area contributed by atoms with Crippen LogP contribution in [-0.4, -0.2) is 4.98 Å². The average Bonchev–Trinajstić information content (AvgIpc) is 3.51. The van der Waals surface area contributed by atoms with E-state index in [1.165, 1.54) is 56.9 Å². The second-order valence-corrected chi connectivity index (χ2v) is 11.3. The Kier molecular flexibility index (Phi) is 4.33. The highest BCUT2D eigenvalue weighted by Crippen LogP contribution is 2.43. The summed E-state index contributed by atoms with van der Waals surface area (Å²) < 4.78 is 5.24. The fraction of sp³-hybridized carbons (Fsp3) is 0. The molecule has 0 aliphatic rings. The molecule has 3 heteroatoms. The summed E-state index contributed by atoms with van der Waals surface area (Å²) >= 11 is 3.70. The predicted molar refractivity (Wildman–Crippen MR) is 158 cm³/mol. The zero-order valence-electron chi connectivity index (χ0n) is 19.2. The van der Waals surface area contributed by atoms with Crippen molar-refractivity contribution in [2.24, 2.45) is 0 Å². The van der Waals surface area contributed by atoms with E-state index in [1.54, 1.807) is 0 Å². The van der Waals surface area contributed by atoms with Crippen molar-refractivity contribution in [3.05, 3.63) is 115 Å². The summed E-state index contributed by atoms with van der Waals surface area (Å²) in [5.74, 6) is 0. The lowest BCUT2D eigenvalue weighted by Crippen LogP contribution is -1.87. The van der Waals surface area contributed by atoms with Crippen LogP contribution in [0.3, 0.4) is 0 Å². The number of para-hydroxylation sites is 1. The van der Waals surface area contributed by atoms with Gasteiger partial charge in [-0.05, 0) is 41.5 Å². The zero-order chi connectivity index (χ0) is 23.6. The average molecular weight is 494 g/mol. The molecule has 8 rings (SSSR count). The van der Waals surface area contributed by atoms with Crippen molar-refractivity contribution in [3.63, 3.8) is 0 Å². The van der Waals surface area contributed by atoms with Crippen LogP contribution in [0.2, 0.25) is 0 Å². The van der Waals surface area contributed by atoms with Crippen molar-refractivity contribution >= 4 is 73.9 Å². The monoisotopic (exact) mass is 493 g/mol. The lowest BCUT2D eigenvalue weighted by Gasteiger charge is -2.09. The number of fused-ring (bicyclic) bond motifs is 8. The first-order valence-corrected chi connectivity index (χ1v) is 13.7. The predicted octanol–water partition coefficient (Wildman–Crippen LogP) is 10.3. The van der Waals surface area contributed by atoms with E-state index in [1.807, 2.05) is 22.7 Å². The summed E-state index contributed by atoms with van der Waals surface area (Å²) in [6, 6.07) is 41.6. The van der Waals surface area contributed by atoms with Gasteiger partial charge in [0, 0.05) is 46.6 Å². The first-order chi connectivity index (χ1) is 17.8. The number of pyridine rings is 1. The molecule has 0 radical (unpaired) electrons. The van der Waals surface area contributed by atoms with Crippen LogP contribution in [0.4, 0.5) is 0 Å². The quantitative estimate of drug-likeness (QED) is 0.233. The van der Waals surface area contributed by atoms with Gasteiger partial charge < -0.3 is 0 Å². The number of hydrogen-bond donors (Lipinski definition) is 0. The molecule has 5 aromatic carbocycles. The Morgan fingerprint density at radius 1 is 0.444 bits per heavy atom. The van der Waals surface area contributed by atoms with Crippen LogP contribution in [0.15, 0.2) is 115 Å². The SMILES string of the molecule is c1ccc2c(c1)nc(-c1ccc(-c3ccc4sc5ccccc5c4c3)cc1)c1sc3ccccc3c12. The highest BCUT2D eigenvalue weighted by molar-refractivity contribution is 7.26. The third kappa shape index (κ3) is 2.97. The Labute approximate surface area is 215 Å². The summed E-state index contributed by atoms with van der Waals surface area (Å²) in [4.78, 5) is 5.15. The van der Waals surface area contributed by atoms with Gasteiger partial charge in [0.25, 0.3) is 0 Å². The Bertz CT molecular complexity index is 2100. The molecule has 0 saturated heterocycles. The van der Waals surface area contributed by atoms with Gasteiger partial charge in [0.15, 0.2) is 0 Å². The molecule has 1 nitrogen and oxygen atoms in total. The largest absolute Gasteiger partial charge is 0.246 e. The molecular formula is C33H19NS2. The van der Waals surface area contributed by atoms with Gasteiger partial charge in [0.05, 0.1) is 15.9 Å². The van der Waals surface area contributed by atoms with E-state index in [0.29, 0.717) is 0 Å². The van der Waals surface area contributed by atoms with Crippen LogP contribution in [0.1, 0.15) is 0 Å². The van der Waals surface area contributed by atoms with Crippen molar-refractivity contribution in [3.8, 4) is 22.4 Å². The van der Waals surface area contributed by atoms with E-state index < -0.39 is 0 Å². The minimum atomic E-state index is 1.04. The van der Waals surface area contributed by atoms with Crippen LogP contribution in [0.25, 0.3) is 73.6 Å². The van der Waals surface area contributed by atoms with Crippen LogP contribution in [0, 0.1) is 0 Å². The summed E-state index contributed by atoms with van der Waals surface area (Å²) in [5.41, 5.74) is 5.74. The lowest BCUT2D eigenvalue weighted by atomic mass is 9.99. The summed E-state index contributed by atoms with van der Waals surface area (Å²) in [6.45, 7) is 0. The molecular weight excluding hydrogens is 475 g/mol. The second kappa shape index (κ2) is 7.72. The third-order valence-electron chi connectivity index (χ3n) is 7.08. The Morgan fingerprint density at radius 2 is 1.06 bits per heavy atom. The summed E-state index contributed by atoms with van der Waals surface area (Å²) in [6.07, 6.45) is 0. The number of rotatable bonds is 2. The normalized spacial score (nSPS) is 11.9. The number of thiophene rings is 2. The van der Waals surface area contributed by atoms with Crippen molar-refractivity contribution in [1.29, 1.82) is 0 Å². The number of hydrogen-bond acceptors (Lipinski definition) is 3. The fourth-order valence-corrected chi connectivity index (χ4v) is 7.67. The molecule has 0 N–H and O–H groups in total. The van der Waals surface area contributed by atoms with Crippen LogP contribution in [-0.2, 0) is 0 Å². The number of aromatic nitrogens is 1. The van der Waals surface area contributed by atoms with Gasteiger partial charge in [-0.1, -0.05) is 84.9 Å². The Balaban J connectivity index is 1.30. The van der Waals surface area contributed by atoms with Crippen LogP contribution >= 0.6 is 22.7 Å². The molecule has 8 aromatic rings. The first-order valence-electron chi connectivity index (χ1n) is 12.1. The molecule has 0 saturated carbocycles. The van der Waals surface area contributed by atoms with Crippen molar-refractivity contribution in [2.75, 3.05) is 0 Å². The molecule has 0 fully saturated rings. The Morgan fingerprint density at radius 3 is 1.89 bits per heavy atom. The molecule has 0 amide bonds. The summed E-state index contributed by atoms with van der Waals surface area (Å²) in [7, 11) is 0. The zero-order valence-corrected chi connectivity index (χ0v) is 20.9. The van der Waals surface area contributed by atoms with Gasteiger partial charge in [0.1, 0.15) is 0 Å². The molecule has 0 aliphatic carbocycles. The molecule has 36 heavy (non-hydrogen) atoms. The smallest absolute Gasteiger partial charge is 0.0888 e. The van der Waals surface area contributed by atoms with E-state index >= 15 is 0 Å². The molecule has 0 aliphatic heterocycles. The standard InChI is InChI=1S/C33H19NS2/c1-4-10-27-24(8-1)31-25-9-3-6-12-29(25)36-33(31)32(34-27)21-15-13-20(14-16-21)22-17-18-30-26(19-22)23-7-2-5-11-28(23)35-30/h1-19H. The van der Waals surface area contributed by atoms with Gasteiger partial charge in [0.2, 0.25) is 0 Å². The maximum absolute atomic E-state index is 5.15. The number of benzene rings is 5. The highest BCUT2D eigenvalue weighted by Gasteiger charge is 2.16. The third-order valence-corrected chi connectivity index (χ3v) is 9.41. The molecule has 3 heterocycles. The minimum Gasteiger partial charge on any atom is -0.246 e. The van der Waals surface area contributed by atoms with Gasteiger partial charge in [-0.2, -0.15) is 0 Å². The van der Waals surface area contributed by atoms with Crippen molar-refractivity contribution < 1.29 is 0 Å². The number of nitrogens with zero attached hydrogens (tertiary/aromatic N) is 1. The van der Waals surface area contributed by atoms with E-state index in [2.05, 4.69) is 115 Å². The first kappa shape index (κ1) is 20.2. The maximum atomic E-state index is 5.15. The van der Waals surface area contributed by atoms with E-state index in [9.17, 15) is 0 Å². The van der Waals surface area contributed by atoms with E-state index in [4.69, 9.17) is 4.98 Å². The Hall–Kier alpha value is -4.05. The van der Waals surface area contributed by atoms with Crippen molar-refractivity contribution in [1.82, 2.24) is 4.98 Å². The summed E-state index contributed by atoms with van der Waals surface area (Å²) in [5, 5.41) is 6.52. The molecule has 0 bridgehead atoms. The molecule has 0 unspecified atom stereocenters. The van der Waals surface area contributed by atoms with Gasteiger partial charge >= 0.3 is 0 Å². The van der Waals surface area contributed by atoms with Crippen LogP contribution < -0.4 is 0 Å². The molecule has 0 spiro atoms. The lowest BCUT2D eigenvalue weighted by molar-refractivity contribution is 1.44. The fourth-order valence-electron chi connectivity index (χ4n) is 5.36. The van der Waals surface area contributed by atoms with E-state index in [-0.39, 0.29) is 0 Å². The minimum absolute atomic E-state index is 1.04. The second-order valence-electron chi connectivity index (χ2n) is 9.17. The van der Waals surface area contributed by atoms with Crippen LogP contribution in [0.5, 0.6) is 0 Å². The van der Waals surface area contributed by atoms with E-state index in [0.717, 1.165) is 16.8 Å². The van der Waals surface area contributed by atoms with Crippen molar-refractivity contribution in [2.45, 2.75) is 0 Å². The topological polar surface area (TPSA) is 12.9 Å². The van der Waals surface area contributed by atoms with Gasteiger partial charge in [-0.15, -0.1) is 22.7 Å². The van der Waals surface area contributed by atoms with Gasteiger partial charge in [-0.3, -0.25) is 0 Å². The highest BCUT2D eigenvalue weighted by atomic mass is 32.1. The maximum Gasteiger partial charge on any atom is 0.0888 e. The molecule has 3 aromatic heterocycles. The van der Waals surface area contributed by atoms with Gasteiger partial charge in [-0.25, -0.2) is 4.98 Å². The molecule has 0 atom stereocenters.